The van der Waals surface area contributed by atoms with E-state index in [9.17, 15) is 0 Å². The summed E-state index contributed by atoms with van der Waals surface area (Å²) in [5.41, 5.74) is 0. The molecule has 9 heavy (non-hydrogen) atoms. The molecule has 0 aromatic carbocycles. The predicted molar refractivity (Wildman–Crippen MR) is 45.3 cm³/mol. The van der Waals surface area contributed by atoms with Crippen LogP contribution in [0, 0.1) is 3.70 Å². The summed E-state index contributed by atoms with van der Waals surface area (Å²) >= 11 is 8.00. The van der Waals surface area contributed by atoms with Gasteiger partial charge < -0.3 is 0 Å². The smallest absolute Gasteiger partial charge is 0.180 e. The Kier molecular flexibility index (Phi) is 2.29. The van der Waals surface area contributed by atoms with Crippen molar-refractivity contribution in [1.29, 1.82) is 0 Å². The minimum atomic E-state index is 0.766. The molecule has 0 saturated carbocycles. The molecule has 0 unspecified atom stereocenters. The first kappa shape index (κ1) is 7.28. The average Bonchev–Trinajstić information content (AvgIpc) is 1.83. The van der Waals surface area contributed by atoms with Gasteiger partial charge in [-0.15, -0.1) is 0 Å². The lowest BCUT2D eigenvalue weighted by atomic mass is 10.5. The molecule has 0 aliphatic rings. The van der Waals surface area contributed by atoms with E-state index in [4.69, 9.17) is 11.6 Å². The summed E-state index contributed by atoms with van der Waals surface area (Å²) in [6, 6.07) is 5.81. The van der Waals surface area contributed by atoms with Crippen LogP contribution >= 0.6 is 34.2 Å². The molecule has 1 rings (SSSR count). The van der Waals surface area contributed by atoms with Gasteiger partial charge in [0.25, 0.3) is 5.15 Å². The maximum atomic E-state index is 5.77. The third-order valence-electron chi connectivity index (χ3n) is 1.11. The molecule has 0 radical (unpaired) electrons. The minimum Gasteiger partial charge on any atom is -0.180 e. The second-order valence-electron chi connectivity index (χ2n) is 1.73. The van der Waals surface area contributed by atoms with Crippen LogP contribution in [-0.2, 0) is 7.05 Å². The number of hydrogen-bond donors (Lipinski definition) is 0. The van der Waals surface area contributed by atoms with Gasteiger partial charge in [0.15, 0.2) is 0 Å². The van der Waals surface area contributed by atoms with Crippen molar-refractivity contribution in [1.82, 2.24) is 0 Å². The van der Waals surface area contributed by atoms with Gasteiger partial charge in [0.2, 0.25) is 3.70 Å². The largest absolute Gasteiger partial charge is 0.275 e. The van der Waals surface area contributed by atoms with E-state index < -0.39 is 0 Å². The lowest BCUT2D eigenvalue weighted by Crippen LogP contribution is -2.33. The van der Waals surface area contributed by atoms with Crippen molar-refractivity contribution in [3.63, 3.8) is 0 Å². The van der Waals surface area contributed by atoms with E-state index in [0.29, 0.717) is 0 Å². The summed E-state index contributed by atoms with van der Waals surface area (Å²) in [6.45, 7) is 0. The molecule has 48 valence electrons. The molecular weight excluding hydrogens is 248 g/mol. The molecule has 0 atom stereocenters. The van der Waals surface area contributed by atoms with Crippen molar-refractivity contribution in [2.45, 2.75) is 0 Å². The number of nitrogens with zero attached hydrogens (tertiary/aromatic N) is 1. The second-order valence-corrected chi connectivity index (χ2v) is 3.22. The van der Waals surface area contributed by atoms with Crippen molar-refractivity contribution < 1.29 is 4.57 Å². The van der Waals surface area contributed by atoms with Gasteiger partial charge in [-0.2, -0.15) is 4.57 Å². The maximum Gasteiger partial charge on any atom is 0.275 e. The zero-order valence-corrected chi connectivity index (χ0v) is 7.85. The van der Waals surface area contributed by atoms with E-state index in [1.165, 1.54) is 0 Å². The molecule has 3 heteroatoms. The Labute approximate surface area is 72.8 Å². The summed E-state index contributed by atoms with van der Waals surface area (Å²) < 4.78 is 3.06. The van der Waals surface area contributed by atoms with Crippen LogP contribution in [0.2, 0.25) is 5.15 Å². The quantitative estimate of drug-likeness (QED) is 0.377. The van der Waals surface area contributed by atoms with Crippen LogP contribution in [0.4, 0.5) is 0 Å². The molecule has 0 N–H and O–H groups in total. The monoisotopic (exact) mass is 254 g/mol. The molecule has 0 bridgehead atoms. The average molecular weight is 254 g/mol. The summed E-state index contributed by atoms with van der Waals surface area (Å²) in [5, 5.41) is 0.766. The van der Waals surface area contributed by atoms with Crippen molar-refractivity contribution in [3.8, 4) is 0 Å². The van der Waals surface area contributed by atoms with Crippen LogP contribution in [0.5, 0.6) is 0 Å². The van der Waals surface area contributed by atoms with Crippen molar-refractivity contribution in [2.75, 3.05) is 0 Å². The molecule has 1 aromatic rings. The van der Waals surface area contributed by atoms with Crippen molar-refractivity contribution in [2.24, 2.45) is 7.05 Å². The summed E-state index contributed by atoms with van der Waals surface area (Å²) in [7, 11) is 1.93. The topological polar surface area (TPSA) is 3.88 Å². The van der Waals surface area contributed by atoms with Gasteiger partial charge in [-0.1, -0.05) is 0 Å². The van der Waals surface area contributed by atoms with E-state index in [0.717, 1.165) is 8.85 Å². The Morgan fingerprint density at radius 3 is 2.67 bits per heavy atom. The standard InChI is InChI=1S/C6H6ClIN/c1-9-5(7)3-2-4-6(9)8/h2-4H,1H3/q+1. The van der Waals surface area contributed by atoms with E-state index in [1.807, 2.05) is 29.8 Å². The van der Waals surface area contributed by atoms with Crippen LogP contribution in [0.15, 0.2) is 18.2 Å². The minimum absolute atomic E-state index is 0.766. The lowest BCUT2D eigenvalue weighted by molar-refractivity contribution is -0.682. The normalized spacial score (nSPS) is 9.67. The molecule has 0 amide bonds. The third kappa shape index (κ3) is 1.55. The Balaban J connectivity index is 3.25. The molecule has 1 nitrogen and oxygen atoms in total. The number of pyridine rings is 1. The van der Waals surface area contributed by atoms with Gasteiger partial charge in [0, 0.05) is 34.7 Å². The molecule has 1 aromatic heterocycles. The Hall–Kier alpha value is 0.170. The fourth-order valence-electron chi connectivity index (χ4n) is 0.533. The zero-order chi connectivity index (χ0) is 6.85. The highest BCUT2D eigenvalue weighted by Crippen LogP contribution is 2.03. The molecule has 0 saturated heterocycles. The van der Waals surface area contributed by atoms with Gasteiger partial charge in [0.1, 0.15) is 7.05 Å². The summed E-state index contributed by atoms with van der Waals surface area (Å²) in [6.07, 6.45) is 0. The molecule has 0 aliphatic carbocycles. The van der Waals surface area contributed by atoms with Gasteiger partial charge in [-0.25, -0.2) is 0 Å². The Morgan fingerprint density at radius 2 is 2.22 bits per heavy atom. The van der Waals surface area contributed by atoms with Crippen molar-refractivity contribution >= 4 is 34.2 Å². The van der Waals surface area contributed by atoms with E-state index in [2.05, 4.69) is 22.6 Å². The third-order valence-corrected chi connectivity index (χ3v) is 2.57. The van der Waals surface area contributed by atoms with E-state index in [-0.39, 0.29) is 0 Å². The predicted octanol–water partition coefficient (Wildman–Crippen LogP) is 1.77. The summed E-state index contributed by atoms with van der Waals surface area (Å²) in [4.78, 5) is 0. The lowest BCUT2D eigenvalue weighted by Gasteiger charge is -1.90. The van der Waals surface area contributed by atoms with Gasteiger partial charge >= 0.3 is 0 Å². The SMILES string of the molecule is C[n+]1c(Cl)cccc1I. The molecule has 0 fully saturated rings. The number of aromatic nitrogens is 1. The van der Waals surface area contributed by atoms with Gasteiger partial charge in [-0.05, 0) is 17.7 Å². The first-order valence-electron chi connectivity index (χ1n) is 2.52. The second kappa shape index (κ2) is 2.84. The first-order chi connectivity index (χ1) is 4.22. The van der Waals surface area contributed by atoms with Crippen LogP contribution in [0.1, 0.15) is 0 Å². The number of halogens is 2. The van der Waals surface area contributed by atoms with Gasteiger partial charge in [0.05, 0.1) is 0 Å². The van der Waals surface area contributed by atoms with Crippen LogP contribution in [-0.4, -0.2) is 0 Å². The van der Waals surface area contributed by atoms with Crippen molar-refractivity contribution in [3.05, 3.63) is 27.1 Å². The highest BCUT2D eigenvalue weighted by atomic mass is 127. The van der Waals surface area contributed by atoms with Crippen LogP contribution in [0.3, 0.4) is 0 Å². The molecule has 1 heterocycles. The Bertz CT molecular complexity index is 204. The fourth-order valence-corrected chi connectivity index (χ4v) is 1.31. The van der Waals surface area contributed by atoms with E-state index >= 15 is 0 Å². The van der Waals surface area contributed by atoms with Gasteiger partial charge in [-0.3, -0.25) is 0 Å². The fraction of sp³-hybridized carbons (Fsp3) is 0.167. The van der Waals surface area contributed by atoms with Crippen LogP contribution in [0.25, 0.3) is 0 Å². The highest BCUT2D eigenvalue weighted by molar-refractivity contribution is 14.1. The molecule has 0 aliphatic heterocycles. The number of rotatable bonds is 0. The Morgan fingerprint density at radius 1 is 1.56 bits per heavy atom. The number of hydrogen-bond acceptors (Lipinski definition) is 0. The van der Waals surface area contributed by atoms with Crippen LogP contribution < -0.4 is 4.57 Å². The highest BCUT2D eigenvalue weighted by Gasteiger charge is 2.04. The zero-order valence-electron chi connectivity index (χ0n) is 4.94. The summed E-state index contributed by atoms with van der Waals surface area (Å²) in [5.74, 6) is 0. The van der Waals surface area contributed by atoms with E-state index in [1.54, 1.807) is 0 Å². The maximum absolute atomic E-state index is 5.77. The first-order valence-corrected chi connectivity index (χ1v) is 3.97. The molecular formula is C6H6ClIN+. The molecule has 0 spiro atoms.